The quantitative estimate of drug-likeness (QED) is 0.107. The highest BCUT2D eigenvalue weighted by Crippen LogP contribution is 2.17. The predicted octanol–water partition coefficient (Wildman–Crippen LogP) is 6.79. The van der Waals surface area contributed by atoms with Gasteiger partial charge in [-0.05, 0) is 42.8 Å². The zero-order chi connectivity index (χ0) is 29.6. The van der Waals surface area contributed by atoms with E-state index in [1.807, 2.05) is 35.9 Å². The fourth-order valence-corrected chi connectivity index (χ4v) is 7.67. The van der Waals surface area contributed by atoms with Crippen molar-refractivity contribution >= 4 is 41.6 Å². The van der Waals surface area contributed by atoms with Crippen molar-refractivity contribution in [2.45, 2.75) is 107 Å². The number of para-hydroxylation sites is 1. The third-order valence-corrected chi connectivity index (χ3v) is 11.1. The molecule has 0 aliphatic heterocycles. The standard InChI is InChI=1S/C30H46N4O4S3/c1-3-4-5-6-7-8-9-10-11-12-13-14-15-18-25-31-40(35,36)26-21-23-27(24-22-26)41(37,38)33-32-30-34(2)28-19-16-17-20-29(28)39-30/h16-17,19-24,31,33H,3-15,18,25H2,1-2H3/b32-30-. The molecule has 0 radical (unpaired) electrons. The molecule has 228 valence electrons. The molecule has 0 saturated heterocycles. The van der Waals surface area contributed by atoms with Gasteiger partial charge in [0, 0.05) is 13.6 Å². The van der Waals surface area contributed by atoms with Gasteiger partial charge in [-0.25, -0.2) is 13.1 Å². The van der Waals surface area contributed by atoms with Crippen LogP contribution >= 0.6 is 11.3 Å². The normalized spacial score (nSPS) is 12.8. The monoisotopic (exact) mass is 622 g/mol. The lowest BCUT2D eigenvalue weighted by atomic mass is 10.0. The van der Waals surface area contributed by atoms with Gasteiger partial charge < -0.3 is 4.57 Å². The van der Waals surface area contributed by atoms with Crippen LogP contribution in [0.1, 0.15) is 96.8 Å². The van der Waals surface area contributed by atoms with Gasteiger partial charge in [-0.1, -0.05) is 114 Å². The highest BCUT2D eigenvalue weighted by molar-refractivity contribution is 7.90. The molecule has 1 aromatic heterocycles. The molecule has 0 aliphatic rings. The first-order valence-electron chi connectivity index (χ1n) is 14.9. The molecule has 0 bridgehead atoms. The summed E-state index contributed by atoms with van der Waals surface area (Å²) in [7, 11) is -5.85. The number of nitrogens with one attached hydrogen (secondary N) is 2. The molecular formula is C30H46N4O4S3. The smallest absolute Gasteiger partial charge is 0.276 e. The van der Waals surface area contributed by atoms with Crippen LogP contribution in [0.15, 0.2) is 63.4 Å². The minimum Gasteiger partial charge on any atom is -0.318 e. The van der Waals surface area contributed by atoms with Crippen LogP contribution < -0.4 is 14.4 Å². The van der Waals surface area contributed by atoms with E-state index in [0.717, 1.165) is 29.5 Å². The summed E-state index contributed by atoms with van der Waals surface area (Å²) in [6, 6.07) is 12.9. The summed E-state index contributed by atoms with van der Waals surface area (Å²) in [5, 5.41) is 4.08. The van der Waals surface area contributed by atoms with Crippen molar-refractivity contribution < 1.29 is 16.8 Å². The van der Waals surface area contributed by atoms with Crippen LogP contribution in [-0.4, -0.2) is 27.9 Å². The Balaban J connectivity index is 1.35. The maximum absolute atomic E-state index is 12.7. The molecule has 0 aliphatic carbocycles. The second-order valence-corrected chi connectivity index (χ2v) is 15.0. The highest BCUT2D eigenvalue weighted by atomic mass is 32.2. The van der Waals surface area contributed by atoms with Crippen molar-refractivity contribution in [1.82, 2.24) is 14.1 Å². The number of sulfonamides is 2. The Bertz CT molecular complexity index is 1480. The number of nitrogens with zero attached hydrogens (tertiary/aromatic N) is 2. The van der Waals surface area contributed by atoms with Gasteiger partial charge in [0.1, 0.15) is 0 Å². The fraction of sp³-hybridized carbons (Fsp3) is 0.567. The zero-order valence-electron chi connectivity index (χ0n) is 24.5. The summed E-state index contributed by atoms with van der Waals surface area (Å²) in [6.07, 6.45) is 17.5. The van der Waals surface area contributed by atoms with Crippen molar-refractivity contribution in [3.05, 3.63) is 53.3 Å². The summed E-state index contributed by atoms with van der Waals surface area (Å²) in [5.74, 6) is 0. The number of aryl methyl sites for hydroxylation is 1. The van der Waals surface area contributed by atoms with Crippen molar-refractivity contribution in [1.29, 1.82) is 0 Å². The highest BCUT2D eigenvalue weighted by Gasteiger charge is 2.17. The summed E-state index contributed by atoms with van der Waals surface area (Å²) < 4.78 is 56.3. The second-order valence-electron chi connectivity index (χ2n) is 10.6. The SMILES string of the molecule is CCCCCCCCCCCCCCCCNS(=O)(=O)c1ccc(S(=O)(=O)N/N=c2\sc3ccccc3n2C)cc1. The van der Waals surface area contributed by atoms with E-state index >= 15 is 0 Å². The third kappa shape index (κ3) is 10.9. The summed E-state index contributed by atoms with van der Waals surface area (Å²) in [5.41, 5.74) is 0.951. The Morgan fingerprint density at radius 2 is 1.17 bits per heavy atom. The summed E-state index contributed by atoms with van der Waals surface area (Å²) in [6.45, 7) is 2.62. The predicted molar refractivity (Wildman–Crippen MR) is 169 cm³/mol. The topological polar surface area (TPSA) is 110 Å². The Morgan fingerprint density at radius 3 is 1.71 bits per heavy atom. The van der Waals surface area contributed by atoms with Gasteiger partial charge >= 0.3 is 0 Å². The van der Waals surface area contributed by atoms with E-state index in [1.54, 1.807) is 0 Å². The molecule has 2 N–H and O–H groups in total. The van der Waals surface area contributed by atoms with Crippen LogP contribution in [0.4, 0.5) is 0 Å². The van der Waals surface area contributed by atoms with Gasteiger partial charge in [0.25, 0.3) is 10.0 Å². The first kappa shape index (κ1) is 33.3. The minimum atomic E-state index is -3.96. The van der Waals surface area contributed by atoms with Gasteiger partial charge in [0.15, 0.2) is 0 Å². The van der Waals surface area contributed by atoms with E-state index in [-0.39, 0.29) is 9.79 Å². The molecule has 0 spiro atoms. The van der Waals surface area contributed by atoms with E-state index < -0.39 is 20.0 Å². The summed E-state index contributed by atoms with van der Waals surface area (Å²) in [4.78, 5) is 2.74. The lowest BCUT2D eigenvalue weighted by molar-refractivity contribution is 0.533. The van der Waals surface area contributed by atoms with Crippen LogP contribution in [0, 0.1) is 0 Å². The van der Waals surface area contributed by atoms with Crippen molar-refractivity contribution in [2.24, 2.45) is 12.1 Å². The molecule has 0 amide bonds. The molecule has 0 saturated carbocycles. The van der Waals surface area contributed by atoms with Crippen molar-refractivity contribution in [2.75, 3.05) is 6.54 Å². The number of rotatable bonds is 20. The second kappa shape index (κ2) is 17.0. The van der Waals surface area contributed by atoms with E-state index in [0.29, 0.717) is 11.3 Å². The first-order valence-corrected chi connectivity index (χ1v) is 18.7. The zero-order valence-corrected chi connectivity index (χ0v) is 26.9. The summed E-state index contributed by atoms with van der Waals surface area (Å²) >= 11 is 1.37. The van der Waals surface area contributed by atoms with E-state index in [9.17, 15) is 16.8 Å². The van der Waals surface area contributed by atoms with Crippen LogP contribution in [-0.2, 0) is 27.1 Å². The number of aromatic nitrogens is 1. The molecule has 2 aromatic carbocycles. The van der Waals surface area contributed by atoms with Gasteiger partial charge in [-0.2, -0.15) is 13.2 Å². The number of fused-ring (bicyclic) bond motifs is 1. The van der Waals surface area contributed by atoms with E-state index in [4.69, 9.17) is 0 Å². The first-order chi connectivity index (χ1) is 19.7. The Labute approximate surface area is 250 Å². The molecule has 0 fully saturated rings. The number of thiazole rings is 1. The molecular weight excluding hydrogens is 577 g/mol. The molecule has 3 rings (SSSR count). The van der Waals surface area contributed by atoms with Gasteiger partial charge in [0.05, 0.1) is 20.0 Å². The molecule has 8 nitrogen and oxygen atoms in total. The molecule has 41 heavy (non-hydrogen) atoms. The molecule has 11 heteroatoms. The Kier molecular flexibility index (Phi) is 13.8. The Morgan fingerprint density at radius 1 is 0.683 bits per heavy atom. The van der Waals surface area contributed by atoms with Gasteiger partial charge in [-0.3, -0.25) is 0 Å². The van der Waals surface area contributed by atoms with Crippen molar-refractivity contribution in [3.8, 4) is 0 Å². The van der Waals surface area contributed by atoms with Crippen LogP contribution in [0.25, 0.3) is 10.2 Å². The van der Waals surface area contributed by atoms with E-state index in [2.05, 4.69) is 21.6 Å². The van der Waals surface area contributed by atoms with Gasteiger partial charge in [-0.15, -0.1) is 5.10 Å². The van der Waals surface area contributed by atoms with E-state index in [1.165, 1.54) is 106 Å². The number of unbranched alkanes of at least 4 members (excludes halogenated alkanes) is 13. The number of hydrogen-bond donors (Lipinski definition) is 2. The molecule has 3 aromatic rings. The molecule has 0 atom stereocenters. The van der Waals surface area contributed by atoms with Crippen LogP contribution in [0.2, 0.25) is 0 Å². The van der Waals surface area contributed by atoms with Crippen LogP contribution in [0.3, 0.4) is 0 Å². The number of hydrogen-bond acceptors (Lipinski definition) is 6. The fourth-order valence-electron chi connectivity index (χ4n) is 4.75. The lowest BCUT2D eigenvalue weighted by Gasteiger charge is -2.08. The average molecular weight is 623 g/mol. The number of benzene rings is 2. The van der Waals surface area contributed by atoms with Crippen molar-refractivity contribution in [3.63, 3.8) is 0 Å². The maximum Gasteiger partial charge on any atom is 0.276 e. The minimum absolute atomic E-state index is 0.0367. The van der Waals surface area contributed by atoms with Crippen LogP contribution in [0.5, 0.6) is 0 Å². The third-order valence-electron chi connectivity index (χ3n) is 7.24. The Hall–Kier alpha value is -2.21. The molecule has 1 heterocycles. The van der Waals surface area contributed by atoms with Gasteiger partial charge in [0.2, 0.25) is 14.8 Å². The molecule has 0 unspecified atom stereocenters. The maximum atomic E-state index is 12.7. The average Bonchev–Trinajstić information content (AvgIpc) is 3.29. The largest absolute Gasteiger partial charge is 0.318 e. The lowest BCUT2D eigenvalue weighted by Crippen LogP contribution is -2.25.